The van der Waals surface area contributed by atoms with Gasteiger partial charge in [-0.05, 0) is 41.3 Å². The maximum atomic E-state index is 12.8. The quantitative estimate of drug-likeness (QED) is 0.536. The van der Waals surface area contributed by atoms with Crippen LogP contribution in [0.2, 0.25) is 0 Å². The number of methoxy groups -OCH3 is 1. The minimum Gasteiger partial charge on any atom is -0.496 e. The van der Waals surface area contributed by atoms with Crippen molar-refractivity contribution in [3.63, 3.8) is 0 Å². The number of carbonyl (C=O) groups is 2. The number of imide groups is 1. The van der Waals surface area contributed by atoms with E-state index in [2.05, 4.69) is 0 Å². The van der Waals surface area contributed by atoms with Gasteiger partial charge in [-0.3, -0.25) is 4.79 Å². The highest BCUT2D eigenvalue weighted by molar-refractivity contribution is 6.02. The summed E-state index contributed by atoms with van der Waals surface area (Å²) >= 11 is 0. The predicted octanol–water partition coefficient (Wildman–Crippen LogP) is 4.97. The SMILES string of the molecule is COc1ccccc1-c1cccc(/C=C/C(=O)N2C(=O)OCC2Cc2ccccc2)c1. The summed E-state index contributed by atoms with van der Waals surface area (Å²) in [4.78, 5) is 26.2. The van der Waals surface area contributed by atoms with Crippen molar-refractivity contribution >= 4 is 18.1 Å². The van der Waals surface area contributed by atoms with Gasteiger partial charge in [-0.25, -0.2) is 9.69 Å². The highest BCUT2D eigenvalue weighted by atomic mass is 16.6. The van der Waals surface area contributed by atoms with Crippen LogP contribution in [-0.2, 0) is 16.0 Å². The first-order valence-corrected chi connectivity index (χ1v) is 10.1. The Bertz CT molecular complexity index is 1110. The lowest BCUT2D eigenvalue weighted by molar-refractivity contribution is -0.124. The molecule has 0 saturated carbocycles. The van der Waals surface area contributed by atoms with Crippen LogP contribution in [0.5, 0.6) is 5.75 Å². The Balaban J connectivity index is 1.51. The third kappa shape index (κ3) is 4.67. The van der Waals surface area contributed by atoms with E-state index in [1.807, 2.05) is 78.9 Å². The van der Waals surface area contributed by atoms with Crippen molar-refractivity contribution in [3.8, 4) is 16.9 Å². The third-order valence-electron chi connectivity index (χ3n) is 5.24. The maximum absolute atomic E-state index is 12.8. The van der Waals surface area contributed by atoms with Crippen LogP contribution in [0.25, 0.3) is 17.2 Å². The average Bonchev–Trinajstić information content (AvgIpc) is 3.18. The molecular weight excluding hydrogens is 390 g/mol. The van der Waals surface area contributed by atoms with Gasteiger partial charge in [-0.1, -0.05) is 66.7 Å². The second-order valence-electron chi connectivity index (χ2n) is 7.29. The molecule has 0 spiro atoms. The van der Waals surface area contributed by atoms with Crippen molar-refractivity contribution < 1.29 is 19.1 Å². The molecule has 0 aliphatic carbocycles. The Morgan fingerprint density at radius 2 is 1.84 bits per heavy atom. The second-order valence-corrected chi connectivity index (χ2v) is 7.29. The molecule has 4 rings (SSSR count). The van der Waals surface area contributed by atoms with E-state index in [0.717, 1.165) is 28.0 Å². The molecule has 2 amide bonds. The third-order valence-corrected chi connectivity index (χ3v) is 5.24. The first-order chi connectivity index (χ1) is 15.2. The molecule has 1 saturated heterocycles. The van der Waals surface area contributed by atoms with Crippen LogP contribution in [0.3, 0.4) is 0 Å². The number of amides is 2. The Morgan fingerprint density at radius 1 is 1.06 bits per heavy atom. The number of nitrogens with zero attached hydrogens (tertiary/aromatic N) is 1. The van der Waals surface area contributed by atoms with Crippen LogP contribution in [0, 0.1) is 0 Å². The second kappa shape index (κ2) is 9.30. The van der Waals surface area contributed by atoms with E-state index in [9.17, 15) is 9.59 Å². The first kappa shape index (κ1) is 20.4. The number of carbonyl (C=O) groups excluding carboxylic acids is 2. The number of cyclic esters (lactones) is 1. The predicted molar refractivity (Wildman–Crippen MR) is 120 cm³/mol. The van der Waals surface area contributed by atoms with E-state index in [4.69, 9.17) is 9.47 Å². The number of hydrogen-bond donors (Lipinski definition) is 0. The standard InChI is InChI=1S/C26H23NO4/c1-30-24-13-6-5-12-23(24)21-11-7-10-20(16-21)14-15-25(28)27-22(18-31-26(27)29)17-19-8-3-2-4-9-19/h2-16,22H,17-18H2,1H3/b15-14+. The van der Waals surface area contributed by atoms with Crippen molar-refractivity contribution in [2.24, 2.45) is 0 Å². The molecule has 0 radical (unpaired) electrons. The van der Waals surface area contributed by atoms with Crippen molar-refractivity contribution in [3.05, 3.63) is 96.1 Å². The normalized spacial score (nSPS) is 15.8. The van der Waals surface area contributed by atoms with Gasteiger partial charge in [0, 0.05) is 11.6 Å². The number of benzene rings is 3. The van der Waals surface area contributed by atoms with E-state index < -0.39 is 6.09 Å². The van der Waals surface area contributed by atoms with Gasteiger partial charge in [-0.2, -0.15) is 0 Å². The molecule has 5 nitrogen and oxygen atoms in total. The van der Waals surface area contributed by atoms with Crippen LogP contribution >= 0.6 is 0 Å². The highest BCUT2D eigenvalue weighted by Crippen LogP contribution is 2.30. The Hall–Kier alpha value is -3.86. The topological polar surface area (TPSA) is 55.8 Å². The molecule has 31 heavy (non-hydrogen) atoms. The molecule has 0 N–H and O–H groups in total. The van der Waals surface area contributed by atoms with Crippen LogP contribution in [0.15, 0.2) is 84.9 Å². The molecule has 1 unspecified atom stereocenters. The van der Waals surface area contributed by atoms with Gasteiger partial charge in [0.2, 0.25) is 0 Å². The molecule has 1 aliphatic heterocycles. The van der Waals surface area contributed by atoms with Crippen LogP contribution in [0.1, 0.15) is 11.1 Å². The fourth-order valence-electron chi connectivity index (χ4n) is 3.71. The fourth-order valence-corrected chi connectivity index (χ4v) is 3.71. The minimum atomic E-state index is -0.599. The Labute approximate surface area is 181 Å². The number of para-hydroxylation sites is 1. The van der Waals surface area contributed by atoms with Crippen LogP contribution in [-0.4, -0.2) is 36.7 Å². The average molecular weight is 413 g/mol. The molecule has 1 aliphatic rings. The van der Waals surface area contributed by atoms with Gasteiger partial charge >= 0.3 is 6.09 Å². The highest BCUT2D eigenvalue weighted by Gasteiger charge is 2.36. The molecular formula is C26H23NO4. The lowest BCUT2D eigenvalue weighted by Crippen LogP contribution is -2.39. The smallest absolute Gasteiger partial charge is 0.417 e. The molecule has 156 valence electrons. The largest absolute Gasteiger partial charge is 0.496 e. The van der Waals surface area contributed by atoms with Crippen molar-refractivity contribution in [1.82, 2.24) is 4.90 Å². The summed E-state index contributed by atoms with van der Waals surface area (Å²) < 4.78 is 10.6. The zero-order valence-corrected chi connectivity index (χ0v) is 17.2. The van der Waals surface area contributed by atoms with Gasteiger partial charge in [0.25, 0.3) is 5.91 Å². The van der Waals surface area contributed by atoms with Gasteiger partial charge in [-0.15, -0.1) is 0 Å². The number of rotatable bonds is 6. The van der Waals surface area contributed by atoms with Gasteiger partial charge in [0.1, 0.15) is 12.4 Å². The molecule has 5 heteroatoms. The number of ether oxygens (including phenoxy) is 2. The van der Waals surface area contributed by atoms with Crippen molar-refractivity contribution in [2.45, 2.75) is 12.5 Å². The van der Waals surface area contributed by atoms with Crippen LogP contribution < -0.4 is 4.74 Å². The summed E-state index contributed by atoms with van der Waals surface area (Å²) in [6, 6.07) is 25.0. The maximum Gasteiger partial charge on any atom is 0.417 e. The minimum absolute atomic E-state index is 0.205. The zero-order chi connectivity index (χ0) is 21.6. The van der Waals surface area contributed by atoms with E-state index >= 15 is 0 Å². The molecule has 1 heterocycles. The van der Waals surface area contributed by atoms with Gasteiger partial charge in [0.05, 0.1) is 13.2 Å². The molecule has 3 aromatic rings. The van der Waals surface area contributed by atoms with E-state index in [1.165, 1.54) is 11.0 Å². The van der Waals surface area contributed by atoms with Crippen LogP contribution in [0.4, 0.5) is 4.79 Å². The summed E-state index contributed by atoms with van der Waals surface area (Å²) in [5, 5.41) is 0. The summed E-state index contributed by atoms with van der Waals surface area (Å²) in [7, 11) is 1.64. The first-order valence-electron chi connectivity index (χ1n) is 10.1. The lowest BCUT2D eigenvalue weighted by Gasteiger charge is -2.18. The monoisotopic (exact) mass is 413 g/mol. The Kier molecular flexibility index (Phi) is 6.13. The van der Waals surface area contributed by atoms with E-state index in [0.29, 0.717) is 6.42 Å². The summed E-state index contributed by atoms with van der Waals surface area (Å²) in [5.74, 6) is 0.398. The molecule has 0 aromatic heterocycles. The molecule has 0 bridgehead atoms. The fraction of sp³-hybridized carbons (Fsp3) is 0.154. The summed E-state index contributed by atoms with van der Waals surface area (Å²) in [6.45, 7) is 0.205. The molecule has 1 atom stereocenters. The molecule has 1 fully saturated rings. The summed E-state index contributed by atoms with van der Waals surface area (Å²) in [6.07, 6.45) is 3.10. The van der Waals surface area contributed by atoms with Crippen molar-refractivity contribution in [2.75, 3.05) is 13.7 Å². The summed E-state index contributed by atoms with van der Waals surface area (Å²) in [5.41, 5.74) is 3.85. The van der Waals surface area contributed by atoms with E-state index in [-0.39, 0.29) is 18.6 Å². The zero-order valence-electron chi connectivity index (χ0n) is 17.2. The Morgan fingerprint density at radius 3 is 2.65 bits per heavy atom. The van der Waals surface area contributed by atoms with Crippen molar-refractivity contribution in [1.29, 1.82) is 0 Å². The van der Waals surface area contributed by atoms with Gasteiger partial charge in [0.15, 0.2) is 0 Å². The lowest BCUT2D eigenvalue weighted by atomic mass is 10.0. The van der Waals surface area contributed by atoms with Gasteiger partial charge < -0.3 is 9.47 Å². The number of hydrogen-bond acceptors (Lipinski definition) is 4. The van der Waals surface area contributed by atoms with E-state index in [1.54, 1.807) is 13.2 Å². The molecule has 3 aromatic carbocycles.